The van der Waals surface area contributed by atoms with E-state index < -0.39 is 0 Å². The number of halogens is 2. The highest BCUT2D eigenvalue weighted by Crippen LogP contribution is 2.31. The van der Waals surface area contributed by atoms with Gasteiger partial charge in [-0.2, -0.15) is 0 Å². The summed E-state index contributed by atoms with van der Waals surface area (Å²) in [6.45, 7) is 3.31. The Morgan fingerprint density at radius 3 is 3.06 bits per heavy atom. The number of hydrogen-bond acceptors (Lipinski definition) is 2. The van der Waals surface area contributed by atoms with Crippen LogP contribution < -0.4 is 4.90 Å². The summed E-state index contributed by atoms with van der Waals surface area (Å²) in [5, 5.41) is 0.745. The van der Waals surface area contributed by atoms with Gasteiger partial charge < -0.3 is 4.90 Å². The lowest BCUT2D eigenvalue weighted by Crippen LogP contribution is -2.39. The molecule has 2 nitrogen and oxygen atoms in total. The SMILES string of the molecule is CCC1CCCCN1c1ncc(Br)cc1Cl. The second-order valence-electron chi connectivity index (χ2n) is 4.21. The van der Waals surface area contributed by atoms with Crippen molar-refractivity contribution in [3.63, 3.8) is 0 Å². The van der Waals surface area contributed by atoms with E-state index in [1.54, 1.807) is 0 Å². The number of anilines is 1. The van der Waals surface area contributed by atoms with Gasteiger partial charge in [-0.25, -0.2) is 4.98 Å². The van der Waals surface area contributed by atoms with Gasteiger partial charge >= 0.3 is 0 Å². The second-order valence-corrected chi connectivity index (χ2v) is 5.53. The predicted octanol–water partition coefficient (Wildman–Crippen LogP) is 4.27. The third kappa shape index (κ3) is 2.51. The topological polar surface area (TPSA) is 16.1 Å². The molecule has 0 N–H and O–H groups in total. The molecule has 1 aliphatic rings. The van der Waals surface area contributed by atoms with Gasteiger partial charge in [-0.1, -0.05) is 18.5 Å². The highest BCUT2D eigenvalue weighted by molar-refractivity contribution is 9.10. The van der Waals surface area contributed by atoms with E-state index in [0.717, 1.165) is 28.3 Å². The molecule has 0 aliphatic carbocycles. The molecule has 0 spiro atoms. The first-order valence-electron chi connectivity index (χ1n) is 5.80. The summed E-state index contributed by atoms with van der Waals surface area (Å²) in [6.07, 6.45) is 6.80. The first-order chi connectivity index (χ1) is 7.72. The Hall–Kier alpha value is -0.280. The molecule has 0 radical (unpaired) electrons. The van der Waals surface area contributed by atoms with Gasteiger partial charge in [0.1, 0.15) is 5.82 Å². The van der Waals surface area contributed by atoms with Crippen molar-refractivity contribution in [2.24, 2.45) is 0 Å². The number of piperidine rings is 1. The first kappa shape index (κ1) is 12.2. The summed E-state index contributed by atoms with van der Waals surface area (Å²) in [7, 11) is 0. The first-order valence-corrected chi connectivity index (χ1v) is 6.97. The molecule has 88 valence electrons. The molecule has 1 unspecified atom stereocenters. The third-order valence-corrected chi connectivity index (χ3v) is 3.87. The van der Waals surface area contributed by atoms with Crippen LogP contribution in [-0.2, 0) is 0 Å². The minimum Gasteiger partial charge on any atom is -0.352 e. The Bertz CT molecular complexity index is 370. The van der Waals surface area contributed by atoms with E-state index in [2.05, 4.69) is 32.7 Å². The highest BCUT2D eigenvalue weighted by atomic mass is 79.9. The molecule has 2 rings (SSSR count). The lowest BCUT2D eigenvalue weighted by atomic mass is 10.00. The summed E-state index contributed by atoms with van der Waals surface area (Å²) in [6, 6.07) is 2.52. The van der Waals surface area contributed by atoms with Crippen molar-refractivity contribution < 1.29 is 0 Å². The Kier molecular flexibility index (Phi) is 4.09. The summed E-state index contributed by atoms with van der Waals surface area (Å²) in [5.74, 6) is 0.941. The number of nitrogens with zero attached hydrogens (tertiary/aromatic N) is 2. The van der Waals surface area contributed by atoms with Gasteiger partial charge in [0.25, 0.3) is 0 Å². The van der Waals surface area contributed by atoms with E-state index in [1.807, 2.05) is 12.3 Å². The van der Waals surface area contributed by atoms with Crippen LogP contribution in [0.15, 0.2) is 16.7 Å². The molecule has 0 aromatic carbocycles. The fourth-order valence-corrected chi connectivity index (χ4v) is 3.06. The van der Waals surface area contributed by atoms with Gasteiger partial charge in [-0.15, -0.1) is 0 Å². The molecule has 1 atom stereocenters. The molecule has 0 bridgehead atoms. The van der Waals surface area contributed by atoms with E-state index in [-0.39, 0.29) is 0 Å². The van der Waals surface area contributed by atoms with E-state index in [0.29, 0.717) is 6.04 Å². The van der Waals surface area contributed by atoms with Gasteiger partial charge in [-0.05, 0) is 47.7 Å². The highest BCUT2D eigenvalue weighted by Gasteiger charge is 2.23. The zero-order valence-corrected chi connectivity index (χ0v) is 11.8. The number of aromatic nitrogens is 1. The van der Waals surface area contributed by atoms with Crippen LogP contribution >= 0.6 is 27.5 Å². The molecule has 1 aromatic rings. The van der Waals surface area contributed by atoms with E-state index in [1.165, 1.54) is 19.3 Å². The zero-order valence-electron chi connectivity index (χ0n) is 9.42. The summed E-state index contributed by atoms with van der Waals surface area (Å²) in [5.41, 5.74) is 0. The Balaban J connectivity index is 2.27. The average Bonchev–Trinajstić information content (AvgIpc) is 2.29. The quantitative estimate of drug-likeness (QED) is 0.811. The molecular formula is C12H16BrClN2. The van der Waals surface area contributed by atoms with Crippen LogP contribution in [0.1, 0.15) is 32.6 Å². The van der Waals surface area contributed by atoms with E-state index >= 15 is 0 Å². The largest absolute Gasteiger partial charge is 0.352 e. The van der Waals surface area contributed by atoms with Crippen molar-refractivity contribution in [1.29, 1.82) is 0 Å². The normalized spacial score (nSPS) is 21.2. The molecular weight excluding hydrogens is 288 g/mol. The molecule has 1 fully saturated rings. The number of rotatable bonds is 2. The van der Waals surface area contributed by atoms with Gasteiger partial charge in [0.15, 0.2) is 0 Å². The van der Waals surface area contributed by atoms with Crippen LogP contribution in [0.3, 0.4) is 0 Å². The minimum atomic E-state index is 0.597. The van der Waals surface area contributed by atoms with Crippen LogP contribution in [-0.4, -0.2) is 17.6 Å². The van der Waals surface area contributed by atoms with Crippen molar-refractivity contribution >= 4 is 33.3 Å². The van der Waals surface area contributed by atoms with Crippen molar-refractivity contribution in [3.05, 3.63) is 21.8 Å². The molecule has 1 aliphatic heterocycles. The van der Waals surface area contributed by atoms with Gasteiger partial charge in [0.2, 0.25) is 0 Å². The summed E-state index contributed by atoms with van der Waals surface area (Å²) in [4.78, 5) is 6.81. The molecule has 16 heavy (non-hydrogen) atoms. The lowest BCUT2D eigenvalue weighted by Gasteiger charge is -2.36. The van der Waals surface area contributed by atoms with Gasteiger partial charge in [-0.3, -0.25) is 0 Å². The molecule has 0 saturated carbocycles. The Morgan fingerprint density at radius 2 is 2.38 bits per heavy atom. The standard InChI is InChI=1S/C12H16BrClN2/c1-2-10-5-3-4-6-16(10)12-11(14)7-9(13)8-15-12/h7-8,10H,2-6H2,1H3. The Morgan fingerprint density at radius 1 is 1.56 bits per heavy atom. The fraction of sp³-hybridized carbons (Fsp3) is 0.583. The van der Waals surface area contributed by atoms with E-state index in [9.17, 15) is 0 Å². The van der Waals surface area contributed by atoms with Crippen LogP contribution in [0.2, 0.25) is 5.02 Å². The maximum atomic E-state index is 6.25. The van der Waals surface area contributed by atoms with Crippen molar-refractivity contribution in [1.82, 2.24) is 4.98 Å². The second kappa shape index (κ2) is 5.37. The van der Waals surface area contributed by atoms with Crippen LogP contribution in [0, 0.1) is 0 Å². The van der Waals surface area contributed by atoms with Crippen molar-refractivity contribution in [3.8, 4) is 0 Å². The van der Waals surface area contributed by atoms with Crippen LogP contribution in [0.25, 0.3) is 0 Å². The number of hydrogen-bond donors (Lipinski definition) is 0. The van der Waals surface area contributed by atoms with Crippen molar-refractivity contribution in [2.45, 2.75) is 38.6 Å². The minimum absolute atomic E-state index is 0.597. The maximum Gasteiger partial charge on any atom is 0.147 e. The molecule has 1 saturated heterocycles. The van der Waals surface area contributed by atoms with Crippen LogP contribution in [0.5, 0.6) is 0 Å². The number of pyridine rings is 1. The van der Waals surface area contributed by atoms with Crippen LogP contribution in [0.4, 0.5) is 5.82 Å². The summed E-state index contributed by atoms with van der Waals surface area (Å²) < 4.78 is 0.936. The van der Waals surface area contributed by atoms with Crippen molar-refractivity contribution in [2.75, 3.05) is 11.4 Å². The summed E-state index contributed by atoms with van der Waals surface area (Å²) >= 11 is 9.64. The molecule has 1 aromatic heterocycles. The fourth-order valence-electron chi connectivity index (χ4n) is 2.32. The zero-order chi connectivity index (χ0) is 11.5. The smallest absolute Gasteiger partial charge is 0.147 e. The average molecular weight is 304 g/mol. The Labute approximate surface area is 110 Å². The van der Waals surface area contributed by atoms with E-state index in [4.69, 9.17) is 11.6 Å². The molecule has 2 heterocycles. The van der Waals surface area contributed by atoms with Gasteiger partial charge in [0.05, 0.1) is 5.02 Å². The monoisotopic (exact) mass is 302 g/mol. The lowest BCUT2D eigenvalue weighted by molar-refractivity contribution is 0.447. The molecule has 4 heteroatoms. The predicted molar refractivity (Wildman–Crippen MR) is 72.2 cm³/mol. The maximum absolute atomic E-state index is 6.25. The third-order valence-electron chi connectivity index (χ3n) is 3.16. The molecule has 0 amide bonds. The van der Waals surface area contributed by atoms with Gasteiger partial charge in [0, 0.05) is 23.3 Å².